The smallest absolute Gasteiger partial charge is 0.263 e. The van der Waals surface area contributed by atoms with Crippen molar-refractivity contribution in [3.63, 3.8) is 0 Å². The highest BCUT2D eigenvalue weighted by Gasteiger charge is 2.55. The molecule has 3 aromatic carbocycles. The van der Waals surface area contributed by atoms with Gasteiger partial charge in [0.05, 0.1) is 12.3 Å². The third kappa shape index (κ3) is 4.61. The SMILES string of the molecule is CCOc1ccc(N2C(=O)[C@H]3N=NN(CC(=O)Nc4ccc(Oc5ccccc5)cc4)[C@@H]3C2=O)cc1. The number of ether oxygens (including phenoxy) is 2. The van der Waals surface area contributed by atoms with Gasteiger partial charge in [-0.25, -0.2) is 4.90 Å². The van der Waals surface area contributed by atoms with E-state index in [0.29, 0.717) is 35.2 Å². The van der Waals surface area contributed by atoms with Crippen molar-refractivity contribution >= 4 is 29.1 Å². The summed E-state index contributed by atoms with van der Waals surface area (Å²) in [5, 5.41) is 11.9. The number of amides is 3. The maximum atomic E-state index is 13.1. The van der Waals surface area contributed by atoms with Gasteiger partial charge in [0.1, 0.15) is 23.8 Å². The topological polar surface area (TPSA) is 113 Å². The Labute approximate surface area is 207 Å². The molecule has 0 saturated carbocycles. The van der Waals surface area contributed by atoms with Gasteiger partial charge < -0.3 is 14.8 Å². The maximum absolute atomic E-state index is 13.1. The number of carbonyl (C=O) groups excluding carboxylic acids is 3. The summed E-state index contributed by atoms with van der Waals surface area (Å²) < 4.78 is 11.2. The molecular weight excluding hydrogens is 462 g/mol. The molecule has 2 aliphatic rings. The van der Waals surface area contributed by atoms with E-state index in [0.717, 1.165) is 4.90 Å². The van der Waals surface area contributed by atoms with Crippen LogP contribution in [0.5, 0.6) is 17.2 Å². The van der Waals surface area contributed by atoms with Gasteiger partial charge in [0.25, 0.3) is 11.8 Å². The average Bonchev–Trinajstić information content (AvgIpc) is 3.41. The first kappa shape index (κ1) is 23.0. The van der Waals surface area contributed by atoms with Crippen LogP contribution in [0, 0.1) is 0 Å². The summed E-state index contributed by atoms with van der Waals surface area (Å²) in [4.78, 5) is 39.7. The van der Waals surface area contributed by atoms with Crippen LogP contribution < -0.4 is 19.7 Å². The van der Waals surface area contributed by atoms with Gasteiger partial charge in [0, 0.05) is 5.69 Å². The van der Waals surface area contributed by atoms with E-state index in [2.05, 4.69) is 15.7 Å². The van der Waals surface area contributed by atoms with Crippen molar-refractivity contribution in [1.29, 1.82) is 0 Å². The molecule has 0 radical (unpaired) electrons. The number of fused-ring (bicyclic) bond motifs is 1. The first-order valence-corrected chi connectivity index (χ1v) is 11.4. The highest BCUT2D eigenvalue weighted by Crippen LogP contribution is 2.32. The Balaban J connectivity index is 1.21. The van der Waals surface area contributed by atoms with Crippen LogP contribution in [-0.4, -0.2) is 48.0 Å². The lowest BCUT2D eigenvalue weighted by atomic mass is 10.1. The van der Waals surface area contributed by atoms with Crippen LogP contribution in [0.4, 0.5) is 11.4 Å². The Hall–Kier alpha value is -4.73. The van der Waals surface area contributed by atoms with E-state index < -0.39 is 29.8 Å². The van der Waals surface area contributed by atoms with E-state index in [1.165, 1.54) is 5.01 Å². The second-order valence-electron chi connectivity index (χ2n) is 8.12. The molecule has 182 valence electrons. The molecule has 0 unspecified atom stereocenters. The normalized spacial score (nSPS) is 18.4. The minimum Gasteiger partial charge on any atom is -0.494 e. The maximum Gasteiger partial charge on any atom is 0.263 e. The third-order valence-corrected chi connectivity index (χ3v) is 5.69. The van der Waals surface area contributed by atoms with Crippen molar-refractivity contribution in [2.75, 3.05) is 23.4 Å². The summed E-state index contributed by atoms with van der Waals surface area (Å²) in [6, 6.07) is 21.0. The molecule has 0 spiro atoms. The number of imide groups is 1. The zero-order valence-electron chi connectivity index (χ0n) is 19.4. The van der Waals surface area contributed by atoms with Crippen molar-refractivity contribution in [2.45, 2.75) is 19.0 Å². The lowest BCUT2D eigenvalue weighted by molar-refractivity contribution is -0.123. The number of benzene rings is 3. The molecule has 3 aromatic rings. The second kappa shape index (κ2) is 9.87. The molecule has 1 fully saturated rings. The fraction of sp³-hybridized carbons (Fsp3) is 0.192. The van der Waals surface area contributed by atoms with Crippen molar-refractivity contribution < 1.29 is 23.9 Å². The average molecular weight is 486 g/mol. The zero-order chi connectivity index (χ0) is 25.1. The van der Waals surface area contributed by atoms with Gasteiger partial charge >= 0.3 is 0 Å². The molecule has 10 heteroatoms. The summed E-state index contributed by atoms with van der Waals surface area (Å²) >= 11 is 0. The molecule has 10 nitrogen and oxygen atoms in total. The Bertz CT molecular complexity index is 1290. The number of hydrogen-bond acceptors (Lipinski definition) is 8. The van der Waals surface area contributed by atoms with Crippen molar-refractivity contribution in [3.8, 4) is 17.2 Å². The lowest BCUT2D eigenvalue weighted by Crippen LogP contribution is -2.43. The van der Waals surface area contributed by atoms with Gasteiger partial charge in [0.15, 0.2) is 12.1 Å². The van der Waals surface area contributed by atoms with Crippen LogP contribution in [0.2, 0.25) is 0 Å². The largest absolute Gasteiger partial charge is 0.494 e. The molecule has 5 rings (SSSR count). The summed E-state index contributed by atoms with van der Waals surface area (Å²) in [6.07, 6.45) is 0. The van der Waals surface area contributed by atoms with Crippen LogP contribution in [0.15, 0.2) is 89.2 Å². The van der Waals surface area contributed by atoms with Crippen molar-refractivity contribution in [3.05, 3.63) is 78.9 Å². The van der Waals surface area contributed by atoms with E-state index in [4.69, 9.17) is 9.47 Å². The molecule has 2 atom stereocenters. The van der Waals surface area contributed by atoms with E-state index in [-0.39, 0.29) is 6.54 Å². The van der Waals surface area contributed by atoms with Gasteiger partial charge in [-0.1, -0.05) is 23.4 Å². The standard InChI is InChI=1S/C26H23N5O5/c1-2-35-19-14-10-18(11-15-19)31-25(33)23-24(26(31)34)30(29-28-23)16-22(32)27-17-8-12-21(13-9-17)36-20-6-4-3-5-7-20/h3-15,23-24H,2,16H2,1H3,(H,27,32)/t23-,24-/m0/s1. The predicted molar refractivity (Wildman–Crippen MR) is 131 cm³/mol. The predicted octanol–water partition coefficient (Wildman–Crippen LogP) is 3.81. The summed E-state index contributed by atoms with van der Waals surface area (Å²) in [6.45, 7) is 2.14. The second-order valence-corrected chi connectivity index (χ2v) is 8.12. The molecular formula is C26H23N5O5. The van der Waals surface area contributed by atoms with Crippen molar-refractivity contribution in [2.24, 2.45) is 10.3 Å². The molecule has 2 aliphatic heterocycles. The Morgan fingerprint density at radius 3 is 2.25 bits per heavy atom. The molecule has 1 saturated heterocycles. The van der Waals surface area contributed by atoms with Gasteiger partial charge in [0.2, 0.25) is 5.91 Å². The van der Waals surface area contributed by atoms with Crippen LogP contribution >= 0.6 is 0 Å². The number of para-hydroxylation sites is 1. The van der Waals surface area contributed by atoms with E-state index >= 15 is 0 Å². The fourth-order valence-corrected chi connectivity index (χ4v) is 4.04. The summed E-state index contributed by atoms with van der Waals surface area (Å²) in [5.41, 5.74) is 0.971. The quantitative estimate of drug-likeness (QED) is 0.486. The van der Waals surface area contributed by atoms with Crippen LogP contribution in [0.3, 0.4) is 0 Å². The molecule has 0 bridgehead atoms. The minimum atomic E-state index is -0.980. The molecule has 3 amide bonds. The lowest BCUT2D eigenvalue weighted by Gasteiger charge is -2.20. The van der Waals surface area contributed by atoms with Gasteiger partial charge in [-0.15, -0.1) is 0 Å². The number of nitrogens with one attached hydrogen (secondary N) is 1. The Kier molecular flexibility index (Phi) is 6.31. The van der Waals surface area contributed by atoms with Crippen LogP contribution in [-0.2, 0) is 14.4 Å². The zero-order valence-corrected chi connectivity index (χ0v) is 19.4. The first-order chi connectivity index (χ1) is 17.5. The summed E-state index contributed by atoms with van der Waals surface area (Å²) in [5.74, 6) is 0.617. The number of nitrogens with zero attached hydrogens (tertiary/aromatic N) is 4. The van der Waals surface area contributed by atoms with Gasteiger partial charge in [-0.05, 0) is 67.6 Å². The first-order valence-electron chi connectivity index (χ1n) is 11.4. The Morgan fingerprint density at radius 2 is 1.56 bits per heavy atom. The third-order valence-electron chi connectivity index (χ3n) is 5.69. The highest BCUT2D eigenvalue weighted by molar-refractivity contribution is 6.25. The fourth-order valence-electron chi connectivity index (χ4n) is 4.04. The minimum absolute atomic E-state index is 0.233. The van der Waals surface area contributed by atoms with Gasteiger partial charge in [-0.2, -0.15) is 5.11 Å². The Morgan fingerprint density at radius 1 is 0.889 bits per heavy atom. The molecule has 36 heavy (non-hydrogen) atoms. The van der Waals surface area contributed by atoms with E-state index in [9.17, 15) is 14.4 Å². The van der Waals surface area contributed by atoms with Gasteiger partial charge in [-0.3, -0.25) is 19.4 Å². The summed E-state index contributed by atoms with van der Waals surface area (Å²) in [7, 11) is 0. The molecule has 0 aliphatic carbocycles. The van der Waals surface area contributed by atoms with E-state index in [1.54, 1.807) is 48.5 Å². The molecule has 1 N–H and O–H groups in total. The number of rotatable bonds is 8. The monoisotopic (exact) mass is 485 g/mol. The van der Waals surface area contributed by atoms with E-state index in [1.807, 2.05) is 37.3 Å². The number of anilines is 2. The number of carbonyl (C=O) groups is 3. The molecule has 0 aromatic heterocycles. The highest BCUT2D eigenvalue weighted by atomic mass is 16.5. The van der Waals surface area contributed by atoms with Crippen LogP contribution in [0.1, 0.15) is 6.92 Å². The number of hydrogen-bond donors (Lipinski definition) is 1. The van der Waals surface area contributed by atoms with Crippen LogP contribution in [0.25, 0.3) is 0 Å². The van der Waals surface area contributed by atoms with Crippen molar-refractivity contribution in [1.82, 2.24) is 5.01 Å². The molecule has 2 heterocycles.